The summed E-state index contributed by atoms with van der Waals surface area (Å²) in [6.45, 7) is 5.60. The Morgan fingerprint density at radius 1 is 1.43 bits per heavy atom. The second-order valence-corrected chi connectivity index (χ2v) is 7.28. The van der Waals surface area contributed by atoms with Crippen LogP contribution in [0.3, 0.4) is 0 Å². The van der Waals surface area contributed by atoms with Crippen LogP contribution in [0.2, 0.25) is 0 Å². The zero-order valence-corrected chi connectivity index (χ0v) is 14.0. The highest BCUT2D eigenvalue weighted by molar-refractivity contribution is 7.09. The number of ether oxygens (including phenoxy) is 2. The van der Waals surface area contributed by atoms with Gasteiger partial charge in [-0.1, -0.05) is 0 Å². The van der Waals surface area contributed by atoms with Gasteiger partial charge in [-0.05, 0) is 6.92 Å². The largest absolute Gasteiger partial charge is 0.473 e. The van der Waals surface area contributed by atoms with Crippen molar-refractivity contribution in [3.05, 3.63) is 34.7 Å². The fourth-order valence-electron chi connectivity index (χ4n) is 3.37. The van der Waals surface area contributed by atoms with Gasteiger partial charge in [0.15, 0.2) is 0 Å². The molecule has 2 fully saturated rings. The van der Waals surface area contributed by atoms with E-state index in [0.717, 1.165) is 44.8 Å². The van der Waals surface area contributed by atoms with Crippen LogP contribution in [0.4, 0.5) is 0 Å². The van der Waals surface area contributed by atoms with Crippen molar-refractivity contribution < 1.29 is 9.47 Å². The number of thiazole rings is 1. The quantitative estimate of drug-likeness (QED) is 0.854. The summed E-state index contributed by atoms with van der Waals surface area (Å²) in [5.41, 5.74) is 1.05. The van der Waals surface area contributed by atoms with Crippen LogP contribution in [0.5, 0.6) is 5.88 Å². The number of aromatic nitrogens is 3. The smallest absolute Gasteiger partial charge is 0.232 e. The summed E-state index contributed by atoms with van der Waals surface area (Å²) in [6, 6.07) is 0. The third-order valence-electron chi connectivity index (χ3n) is 4.32. The molecule has 2 aromatic heterocycles. The summed E-state index contributed by atoms with van der Waals surface area (Å²) in [5, 5.41) is 3.28. The predicted molar refractivity (Wildman–Crippen MR) is 86.5 cm³/mol. The van der Waals surface area contributed by atoms with Gasteiger partial charge in [0.2, 0.25) is 5.88 Å². The molecule has 4 heterocycles. The van der Waals surface area contributed by atoms with E-state index < -0.39 is 0 Å². The van der Waals surface area contributed by atoms with Gasteiger partial charge in [0.25, 0.3) is 0 Å². The number of aryl methyl sites for hydroxylation is 1. The van der Waals surface area contributed by atoms with Crippen molar-refractivity contribution in [1.29, 1.82) is 0 Å². The lowest BCUT2D eigenvalue weighted by Crippen LogP contribution is -2.65. The molecule has 1 unspecified atom stereocenters. The maximum absolute atomic E-state index is 6.07. The molecular formula is C16H20N4O2S. The Balaban J connectivity index is 1.32. The molecular weight excluding hydrogens is 312 g/mol. The minimum atomic E-state index is -0.0581. The number of likely N-dealkylation sites (tertiary alicyclic amines) is 1. The van der Waals surface area contributed by atoms with Crippen LogP contribution in [0, 0.1) is 6.92 Å². The first-order valence-electron chi connectivity index (χ1n) is 7.91. The Bertz CT molecular complexity index is 657. The van der Waals surface area contributed by atoms with E-state index in [-0.39, 0.29) is 11.7 Å². The summed E-state index contributed by atoms with van der Waals surface area (Å²) < 4.78 is 12.0. The average molecular weight is 332 g/mol. The van der Waals surface area contributed by atoms with Gasteiger partial charge in [0.05, 0.1) is 24.9 Å². The molecule has 0 radical (unpaired) electrons. The standard InChI is InChI=1S/C16H20N4O2S/c1-12-9-23-15(19-12)8-20-10-16(11-20)6-13(2-5-21-16)22-14-7-17-3-4-18-14/h3-4,7,9,13H,2,5-6,8,10-11H2,1H3. The minimum absolute atomic E-state index is 0.0581. The maximum atomic E-state index is 6.07. The molecule has 0 bridgehead atoms. The second-order valence-electron chi connectivity index (χ2n) is 6.34. The van der Waals surface area contributed by atoms with Crippen molar-refractivity contribution in [2.45, 2.75) is 38.0 Å². The summed E-state index contributed by atoms with van der Waals surface area (Å²) in [5.74, 6) is 0.601. The van der Waals surface area contributed by atoms with Crippen LogP contribution in [-0.4, -0.2) is 51.3 Å². The van der Waals surface area contributed by atoms with E-state index in [9.17, 15) is 0 Å². The lowest BCUT2D eigenvalue weighted by atomic mass is 9.85. The van der Waals surface area contributed by atoms with Gasteiger partial charge in [-0.25, -0.2) is 9.97 Å². The molecule has 6 nitrogen and oxygen atoms in total. The van der Waals surface area contributed by atoms with E-state index >= 15 is 0 Å². The number of nitrogens with zero attached hydrogens (tertiary/aromatic N) is 4. The number of hydrogen-bond acceptors (Lipinski definition) is 7. The Kier molecular flexibility index (Phi) is 4.00. The molecule has 2 saturated heterocycles. The van der Waals surface area contributed by atoms with E-state index in [4.69, 9.17) is 9.47 Å². The van der Waals surface area contributed by atoms with Gasteiger partial charge < -0.3 is 9.47 Å². The molecule has 0 aromatic carbocycles. The molecule has 7 heteroatoms. The number of hydrogen-bond donors (Lipinski definition) is 0. The Morgan fingerprint density at radius 2 is 2.35 bits per heavy atom. The summed E-state index contributed by atoms with van der Waals surface area (Å²) >= 11 is 1.73. The maximum Gasteiger partial charge on any atom is 0.232 e. The van der Waals surface area contributed by atoms with Gasteiger partial charge in [0.1, 0.15) is 11.1 Å². The molecule has 1 spiro atoms. The average Bonchev–Trinajstić information content (AvgIpc) is 2.92. The van der Waals surface area contributed by atoms with Crippen LogP contribution in [0.1, 0.15) is 23.5 Å². The Hall–Kier alpha value is -1.57. The third kappa shape index (κ3) is 3.36. The van der Waals surface area contributed by atoms with Crippen molar-refractivity contribution in [3.8, 4) is 5.88 Å². The fourth-order valence-corrected chi connectivity index (χ4v) is 4.18. The topological polar surface area (TPSA) is 60.4 Å². The zero-order valence-electron chi connectivity index (χ0n) is 13.1. The minimum Gasteiger partial charge on any atom is -0.473 e. The van der Waals surface area contributed by atoms with Gasteiger partial charge in [-0.15, -0.1) is 11.3 Å². The summed E-state index contributed by atoms with van der Waals surface area (Å²) in [4.78, 5) is 15.2. The van der Waals surface area contributed by atoms with Gasteiger partial charge in [0, 0.05) is 49.4 Å². The van der Waals surface area contributed by atoms with Crippen LogP contribution in [0.25, 0.3) is 0 Å². The fraction of sp³-hybridized carbons (Fsp3) is 0.562. The van der Waals surface area contributed by atoms with E-state index in [1.807, 2.05) is 6.92 Å². The van der Waals surface area contributed by atoms with Crippen molar-refractivity contribution >= 4 is 11.3 Å². The molecule has 2 aliphatic heterocycles. The van der Waals surface area contributed by atoms with Gasteiger partial charge in [-0.2, -0.15) is 0 Å². The summed E-state index contributed by atoms with van der Waals surface area (Å²) in [6.07, 6.45) is 6.96. The van der Waals surface area contributed by atoms with Crippen molar-refractivity contribution in [2.24, 2.45) is 0 Å². The molecule has 0 saturated carbocycles. The first kappa shape index (κ1) is 15.0. The van der Waals surface area contributed by atoms with E-state index in [1.165, 1.54) is 5.01 Å². The van der Waals surface area contributed by atoms with Crippen LogP contribution in [0.15, 0.2) is 24.0 Å². The predicted octanol–water partition coefficient (Wildman–Crippen LogP) is 2.05. The first-order valence-corrected chi connectivity index (χ1v) is 8.79. The molecule has 122 valence electrons. The second kappa shape index (κ2) is 6.14. The molecule has 4 rings (SSSR count). The van der Waals surface area contributed by atoms with E-state index in [2.05, 4.69) is 25.2 Å². The van der Waals surface area contributed by atoms with Gasteiger partial charge in [-0.3, -0.25) is 9.88 Å². The highest BCUT2D eigenvalue weighted by Gasteiger charge is 2.48. The number of rotatable bonds is 4. The lowest BCUT2D eigenvalue weighted by Gasteiger charge is -2.52. The van der Waals surface area contributed by atoms with E-state index in [1.54, 1.807) is 29.9 Å². The highest BCUT2D eigenvalue weighted by atomic mass is 32.1. The van der Waals surface area contributed by atoms with Crippen LogP contribution < -0.4 is 4.74 Å². The molecule has 0 amide bonds. The van der Waals surface area contributed by atoms with Crippen molar-refractivity contribution in [2.75, 3.05) is 19.7 Å². The van der Waals surface area contributed by atoms with Crippen LogP contribution in [-0.2, 0) is 11.3 Å². The monoisotopic (exact) mass is 332 g/mol. The van der Waals surface area contributed by atoms with Crippen LogP contribution >= 0.6 is 11.3 Å². The molecule has 0 aliphatic carbocycles. The third-order valence-corrected chi connectivity index (χ3v) is 5.28. The molecule has 1 atom stereocenters. The zero-order chi connectivity index (χ0) is 15.7. The summed E-state index contributed by atoms with van der Waals surface area (Å²) in [7, 11) is 0. The van der Waals surface area contributed by atoms with Crippen molar-refractivity contribution in [1.82, 2.24) is 19.9 Å². The Labute approximate surface area is 139 Å². The lowest BCUT2D eigenvalue weighted by molar-refractivity contribution is -0.188. The molecule has 0 N–H and O–H groups in total. The normalized spacial score (nSPS) is 23.6. The van der Waals surface area contributed by atoms with Gasteiger partial charge >= 0.3 is 0 Å². The molecule has 2 aromatic rings. The molecule has 2 aliphatic rings. The SMILES string of the molecule is Cc1csc(CN2CC3(CC(Oc4cnccn4)CCO3)C2)n1. The highest BCUT2D eigenvalue weighted by Crippen LogP contribution is 2.36. The Morgan fingerprint density at radius 3 is 3.09 bits per heavy atom. The van der Waals surface area contributed by atoms with Crippen molar-refractivity contribution in [3.63, 3.8) is 0 Å². The first-order chi connectivity index (χ1) is 11.2. The molecule has 23 heavy (non-hydrogen) atoms. The van der Waals surface area contributed by atoms with E-state index in [0.29, 0.717) is 5.88 Å².